The molecule has 7 heteroatoms. The molecule has 5 nitrogen and oxygen atoms in total. The molecule has 0 unspecified atom stereocenters. The molecule has 156 valence electrons. The first kappa shape index (κ1) is 21.1. The third-order valence-electron chi connectivity index (χ3n) is 4.65. The summed E-state index contributed by atoms with van der Waals surface area (Å²) in [6.07, 6.45) is 2.49. The van der Waals surface area contributed by atoms with Gasteiger partial charge in [0.25, 0.3) is 0 Å². The Morgan fingerprint density at radius 2 is 1.71 bits per heavy atom. The molecule has 0 fully saturated rings. The van der Waals surface area contributed by atoms with E-state index in [1.54, 1.807) is 17.0 Å². The second-order valence-electron chi connectivity index (χ2n) is 6.81. The van der Waals surface area contributed by atoms with Crippen molar-refractivity contribution < 1.29 is 10.2 Å². The molecule has 3 aromatic carbocycles. The lowest BCUT2D eigenvalue weighted by Crippen LogP contribution is -2.13. The first-order valence-corrected chi connectivity index (χ1v) is 11.4. The van der Waals surface area contributed by atoms with Crippen molar-refractivity contribution in [3.05, 3.63) is 98.6 Å². The number of benzene rings is 3. The zero-order valence-electron chi connectivity index (χ0n) is 16.5. The molecule has 2 N–H and O–H groups in total. The van der Waals surface area contributed by atoms with Gasteiger partial charge in [-0.05, 0) is 41.8 Å². The highest BCUT2D eigenvalue weighted by Gasteiger charge is 2.10. The number of aromatic nitrogens is 1. The van der Waals surface area contributed by atoms with Gasteiger partial charge in [-0.25, -0.2) is 4.68 Å². The van der Waals surface area contributed by atoms with E-state index in [-0.39, 0.29) is 11.5 Å². The second-order valence-corrected chi connectivity index (χ2v) is 8.50. The normalized spacial score (nSPS) is 12.0. The summed E-state index contributed by atoms with van der Waals surface area (Å²) in [5.74, 6) is -0.344. The molecule has 0 amide bonds. The van der Waals surface area contributed by atoms with E-state index >= 15 is 0 Å². The van der Waals surface area contributed by atoms with E-state index in [0.29, 0.717) is 12.1 Å². The third-order valence-corrected chi connectivity index (χ3v) is 6.19. The van der Waals surface area contributed by atoms with E-state index in [1.165, 1.54) is 29.0 Å². The summed E-state index contributed by atoms with van der Waals surface area (Å²) in [6.45, 7) is 0.648. The maximum Gasteiger partial charge on any atom is 0.206 e. The number of hydrogen-bond acceptors (Lipinski definition) is 5. The molecule has 1 aromatic heterocycles. The molecule has 31 heavy (non-hydrogen) atoms. The molecule has 0 aliphatic heterocycles. The SMILES string of the molecule is Oc1ccc(C=Nn2c(-c3ccccc3Br)csc2=NCCc2ccccc2)cc1O. The van der Waals surface area contributed by atoms with Gasteiger partial charge in [0.05, 0.1) is 11.9 Å². The van der Waals surface area contributed by atoms with E-state index in [1.807, 2.05) is 47.8 Å². The summed E-state index contributed by atoms with van der Waals surface area (Å²) in [7, 11) is 0. The summed E-state index contributed by atoms with van der Waals surface area (Å²) in [6, 6.07) is 22.8. The monoisotopic (exact) mass is 493 g/mol. The fourth-order valence-electron chi connectivity index (χ4n) is 3.04. The average Bonchev–Trinajstić information content (AvgIpc) is 3.18. The van der Waals surface area contributed by atoms with Gasteiger partial charge in [0.2, 0.25) is 4.80 Å². The van der Waals surface area contributed by atoms with Crippen molar-refractivity contribution in [2.75, 3.05) is 6.54 Å². The molecule has 0 saturated heterocycles. The molecule has 0 aliphatic carbocycles. The standard InChI is InChI=1S/C24H20BrN3O2S/c25-20-9-5-4-8-19(20)21-16-31-24(26-13-12-17-6-2-1-3-7-17)28(21)27-15-18-10-11-22(29)23(30)14-18/h1-11,14-16,29-30H,12-13H2. The molecule has 4 aromatic rings. The van der Waals surface area contributed by atoms with Gasteiger partial charge >= 0.3 is 0 Å². The van der Waals surface area contributed by atoms with E-state index in [0.717, 1.165) is 27.0 Å². The van der Waals surface area contributed by atoms with Crippen LogP contribution in [0.2, 0.25) is 0 Å². The molecule has 0 atom stereocenters. The Kier molecular flexibility index (Phi) is 6.64. The van der Waals surface area contributed by atoms with Crippen LogP contribution in [0.25, 0.3) is 11.3 Å². The number of phenols is 2. The van der Waals surface area contributed by atoms with Crippen LogP contribution in [0.3, 0.4) is 0 Å². The third kappa shape index (κ3) is 5.13. The summed E-state index contributed by atoms with van der Waals surface area (Å²) in [4.78, 5) is 5.56. The van der Waals surface area contributed by atoms with Crippen molar-refractivity contribution in [3.8, 4) is 22.8 Å². The molecule has 0 spiro atoms. The van der Waals surface area contributed by atoms with Crippen molar-refractivity contribution in [1.82, 2.24) is 4.68 Å². The van der Waals surface area contributed by atoms with Crippen LogP contribution in [0.5, 0.6) is 11.5 Å². The zero-order valence-corrected chi connectivity index (χ0v) is 18.9. The van der Waals surface area contributed by atoms with Gasteiger partial charge in [-0.1, -0.05) is 64.5 Å². The summed E-state index contributed by atoms with van der Waals surface area (Å²) in [5.41, 5.74) is 3.83. The fraction of sp³-hybridized carbons (Fsp3) is 0.0833. The lowest BCUT2D eigenvalue weighted by Gasteiger charge is -2.06. The van der Waals surface area contributed by atoms with Gasteiger partial charge < -0.3 is 10.2 Å². The van der Waals surface area contributed by atoms with Crippen molar-refractivity contribution >= 4 is 33.5 Å². The maximum atomic E-state index is 9.76. The van der Waals surface area contributed by atoms with Gasteiger partial charge in [0.15, 0.2) is 11.5 Å². The van der Waals surface area contributed by atoms with Crippen LogP contribution in [0.1, 0.15) is 11.1 Å². The van der Waals surface area contributed by atoms with Crippen LogP contribution >= 0.6 is 27.3 Å². The van der Waals surface area contributed by atoms with E-state index in [4.69, 9.17) is 4.99 Å². The Labute approximate surface area is 192 Å². The Balaban J connectivity index is 1.71. The smallest absolute Gasteiger partial charge is 0.206 e. The lowest BCUT2D eigenvalue weighted by molar-refractivity contribution is 0.403. The molecule has 0 bridgehead atoms. The van der Waals surface area contributed by atoms with Crippen LogP contribution in [-0.4, -0.2) is 27.6 Å². The highest BCUT2D eigenvalue weighted by atomic mass is 79.9. The van der Waals surface area contributed by atoms with Gasteiger partial charge in [-0.2, -0.15) is 5.10 Å². The highest BCUT2D eigenvalue weighted by molar-refractivity contribution is 9.10. The molecule has 4 rings (SSSR count). The lowest BCUT2D eigenvalue weighted by atomic mass is 10.2. The number of thiazole rings is 1. The van der Waals surface area contributed by atoms with Crippen LogP contribution in [0.15, 0.2) is 92.7 Å². The van der Waals surface area contributed by atoms with Crippen molar-refractivity contribution in [3.63, 3.8) is 0 Å². The summed E-state index contributed by atoms with van der Waals surface area (Å²) in [5, 5.41) is 26.0. The Morgan fingerprint density at radius 3 is 2.48 bits per heavy atom. The molecular weight excluding hydrogens is 474 g/mol. The van der Waals surface area contributed by atoms with E-state index in [9.17, 15) is 10.2 Å². The quantitative estimate of drug-likeness (QED) is 0.278. The highest BCUT2D eigenvalue weighted by Crippen LogP contribution is 2.28. The van der Waals surface area contributed by atoms with E-state index in [2.05, 4.69) is 33.2 Å². The van der Waals surface area contributed by atoms with Gasteiger partial charge in [-0.3, -0.25) is 4.99 Å². The minimum atomic E-state index is -0.182. The van der Waals surface area contributed by atoms with Gasteiger partial charge in [0, 0.05) is 22.0 Å². The number of rotatable bonds is 6. The fourth-order valence-corrected chi connectivity index (χ4v) is 4.39. The van der Waals surface area contributed by atoms with E-state index < -0.39 is 0 Å². The summed E-state index contributed by atoms with van der Waals surface area (Å²) < 4.78 is 2.77. The van der Waals surface area contributed by atoms with Crippen LogP contribution in [0, 0.1) is 0 Å². The van der Waals surface area contributed by atoms with Crippen molar-refractivity contribution in [2.24, 2.45) is 10.1 Å². The van der Waals surface area contributed by atoms with Crippen molar-refractivity contribution in [2.45, 2.75) is 6.42 Å². The number of nitrogens with zero attached hydrogens (tertiary/aromatic N) is 3. The molecule has 0 aliphatic rings. The van der Waals surface area contributed by atoms with Crippen LogP contribution in [0.4, 0.5) is 0 Å². The topological polar surface area (TPSA) is 70.1 Å². The Morgan fingerprint density at radius 1 is 0.935 bits per heavy atom. The molecular formula is C24H20BrN3O2S. The Hall–Kier alpha value is -3.16. The number of phenolic OH excluding ortho intramolecular Hbond substituents is 2. The van der Waals surface area contributed by atoms with Crippen molar-refractivity contribution in [1.29, 1.82) is 0 Å². The number of hydrogen-bond donors (Lipinski definition) is 2. The first-order valence-electron chi connectivity index (χ1n) is 9.68. The van der Waals surface area contributed by atoms with Gasteiger partial charge in [0.1, 0.15) is 0 Å². The maximum absolute atomic E-state index is 9.76. The van der Waals surface area contributed by atoms with Crippen LogP contribution < -0.4 is 4.80 Å². The molecule has 0 radical (unpaired) electrons. The predicted molar refractivity (Wildman–Crippen MR) is 129 cm³/mol. The Bertz CT molecular complexity index is 1280. The second kappa shape index (κ2) is 9.76. The summed E-state index contributed by atoms with van der Waals surface area (Å²) >= 11 is 5.15. The molecule has 1 heterocycles. The largest absolute Gasteiger partial charge is 0.504 e. The van der Waals surface area contributed by atoms with Crippen LogP contribution in [-0.2, 0) is 6.42 Å². The number of halogens is 1. The first-order chi connectivity index (χ1) is 15.1. The minimum absolute atomic E-state index is 0.161. The van der Waals surface area contributed by atoms with Gasteiger partial charge in [-0.15, -0.1) is 11.3 Å². The predicted octanol–water partition coefficient (Wildman–Crippen LogP) is 5.42. The minimum Gasteiger partial charge on any atom is -0.504 e. The zero-order chi connectivity index (χ0) is 21.6. The molecule has 0 saturated carbocycles. The number of aromatic hydroxyl groups is 2. The average molecular weight is 494 g/mol.